The van der Waals surface area contributed by atoms with Gasteiger partial charge >= 0.3 is 0 Å². The SMILES string of the molecule is Cc1ccc(OCC(=O)Nc2ccc(NCCc3ccc(F)cc3)cc2)cc1. The third kappa shape index (κ3) is 6.13. The van der Waals surface area contributed by atoms with E-state index in [-0.39, 0.29) is 18.3 Å². The van der Waals surface area contributed by atoms with Gasteiger partial charge in [0, 0.05) is 17.9 Å². The molecule has 0 bridgehead atoms. The Balaban J connectivity index is 1.41. The molecule has 28 heavy (non-hydrogen) atoms. The van der Waals surface area contributed by atoms with Gasteiger partial charge in [-0.1, -0.05) is 29.8 Å². The van der Waals surface area contributed by atoms with Crippen LogP contribution < -0.4 is 15.4 Å². The Bertz CT molecular complexity index is 891. The van der Waals surface area contributed by atoms with E-state index in [9.17, 15) is 9.18 Å². The Hall–Kier alpha value is -3.34. The van der Waals surface area contributed by atoms with Crippen molar-refractivity contribution in [2.45, 2.75) is 13.3 Å². The molecule has 144 valence electrons. The summed E-state index contributed by atoms with van der Waals surface area (Å²) in [5.41, 5.74) is 3.88. The summed E-state index contributed by atoms with van der Waals surface area (Å²) < 4.78 is 18.4. The minimum atomic E-state index is -0.224. The quantitative estimate of drug-likeness (QED) is 0.592. The first-order valence-corrected chi connectivity index (χ1v) is 9.16. The Labute approximate surface area is 164 Å². The normalized spacial score (nSPS) is 10.4. The molecule has 5 heteroatoms. The summed E-state index contributed by atoms with van der Waals surface area (Å²) in [4.78, 5) is 12.0. The van der Waals surface area contributed by atoms with Gasteiger partial charge in [0.1, 0.15) is 11.6 Å². The maximum absolute atomic E-state index is 12.9. The van der Waals surface area contributed by atoms with Gasteiger partial charge in [-0.15, -0.1) is 0 Å². The fourth-order valence-corrected chi connectivity index (χ4v) is 2.65. The van der Waals surface area contributed by atoms with Crippen LogP contribution >= 0.6 is 0 Å². The fraction of sp³-hybridized carbons (Fsp3) is 0.174. The summed E-state index contributed by atoms with van der Waals surface area (Å²) in [5.74, 6) is 0.234. The third-order valence-corrected chi connectivity index (χ3v) is 4.22. The van der Waals surface area contributed by atoms with Crippen LogP contribution in [-0.2, 0) is 11.2 Å². The Morgan fingerprint density at radius 2 is 1.54 bits per heavy atom. The molecule has 0 aliphatic carbocycles. The molecule has 0 aliphatic rings. The monoisotopic (exact) mass is 378 g/mol. The molecule has 0 heterocycles. The molecule has 0 aliphatic heterocycles. The van der Waals surface area contributed by atoms with Gasteiger partial charge in [-0.3, -0.25) is 4.79 Å². The first-order chi connectivity index (χ1) is 13.6. The van der Waals surface area contributed by atoms with Crippen molar-refractivity contribution in [3.63, 3.8) is 0 Å². The number of rotatable bonds is 8. The van der Waals surface area contributed by atoms with Crippen LogP contribution in [0.25, 0.3) is 0 Å². The lowest BCUT2D eigenvalue weighted by molar-refractivity contribution is -0.118. The van der Waals surface area contributed by atoms with Crippen LogP contribution in [0.2, 0.25) is 0 Å². The van der Waals surface area contributed by atoms with Crippen molar-refractivity contribution in [2.75, 3.05) is 23.8 Å². The molecule has 0 unspecified atom stereocenters. The van der Waals surface area contributed by atoms with Crippen LogP contribution in [0.5, 0.6) is 5.75 Å². The highest BCUT2D eigenvalue weighted by Crippen LogP contribution is 2.15. The largest absolute Gasteiger partial charge is 0.484 e. The number of carbonyl (C=O) groups is 1. The zero-order valence-electron chi connectivity index (χ0n) is 15.7. The minimum Gasteiger partial charge on any atom is -0.484 e. The summed E-state index contributed by atoms with van der Waals surface area (Å²) in [7, 11) is 0. The van der Waals surface area contributed by atoms with Crippen molar-refractivity contribution >= 4 is 17.3 Å². The van der Waals surface area contributed by atoms with Crippen molar-refractivity contribution in [3.8, 4) is 5.75 Å². The second kappa shape index (κ2) is 9.55. The molecule has 4 nitrogen and oxygen atoms in total. The number of nitrogens with one attached hydrogen (secondary N) is 2. The van der Waals surface area contributed by atoms with Crippen LogP contribution in [0.1, 0.15) is 11.1 Å². The Morgan fingerprint density at radius 1 is 0.893 bits per heavy atom. The minimum absolute atomic E-state index is 0.0409. The second-order valence-electron chi connectivity index (χ2n) is 6.53. The Kier molecular flexibility index (Phi) is 6.63. The molecular formula is C23H23FN2O2. The van der Waals surface area contributed by atoms with Gasteiger partial charge in [0.15, 0.2) is 6.61 Å². The average Bonchev–Trinajstić information content (AvgIpc) is 2.70. The van der Waals surface area contributed by atoms with Crippen LogP contribution in [0.15, 0.2) is 72.8 Å². The van der Waals surface area contributed by atoms with E-state index in [2.05, 4.69) is 10.6 Å². The molecule has 0 fully saturated rings. The number of benzene rings is 3. The lowest BCUT2D eigenvalue weighted by atomic mass is 10.1. The van der Waals surface area contributed by atoms with Crippen LogP contribution in [0.3, 0.4) is 0 Å². The van der Waals surface area contributed by atoms with E-state index in [0.717, 1.165) is 29.8 Å². The lowest BCUT2D eigenvalue weighted by Gasteiger charge is -2.10. The van der Waals surface area contributed by atoms with Gasteiger partial charge in [-0.05, 0) is 67.4 Å². The predicted molar refractivity (Wildman–Crippen MR) is 110 cm³/mol. The Morgan fingerprint density at radius 3 is 2.21 bits per heavy atom. The van der Waals surface area contributed by atoms with Crippen molar-refractivity contribution in [1.29, 1.82) is 0 Å². The molecule has 0 spiro atoms. The topological polar surface area (TPSA) is 50.4 Å². The fourth-order valence-electron chi connectivity index (χ4n) is 2.65. The smallest absolute Gasteiger partial charge is 0.262 e. The van der Waals surface area contributed by atoms with Crippen molar-refractivity contribution < 1.29 is 13.9 Å². The van der Waals surface area contributed by atoms with Crippen LogP contribution in [-0.4, -0.2) is 19.1 Å². The molecule has 1 amide bonds. The lowest BCUT2D eigenvalue weighted by Crippen LogP contribution is -2.20. The standard InChI is InChI=1S/C23H23FN2O2/c1-17-2-12-22(13-3-17)28-16-23(27)26-21-10-8-20(9-11-21)25-15-14-18-4-6-19(24)7-5-18/h2-13,25H,14-16H2,1H3,(H,26,27). The molecule has 2 N–H and O–H groups in total. The maximum atomic E-state index is 12.9. The maximum Gasteiger partial charge on any atom is 0.262 e. The summed E-state index contributed by atoms with van der Waals surface area (Å²) in [6, 6.07) is 21.6. The molecule has 0 radical (unpaired) electrons. The van der Waals surface area contributed by atoms with Gasteiger partial charge in [0.25, 0.3) is 5.91 Å². The molecule has 3 rings (SSSR count). The number of amides is 1. The highest BCUT2D eigenvalue weighted by Gasteiger charge is 2.04. The first-order valence-electron chi connectivity index (χ1n) is 9.16. The predicted octanol–water partition coefficient (Wildman–Crippen LogP) is 4.81. The number of ether oxygens (including phenoxy) is 1. The number of aryl methyl sites for hydroxylation is 1. The van der Waals surface area contributed by atoms with Gasteiger partial charge in [-0.2, -0.15) is 0 Å². The van der Waals surface area contributed by atoms with Gasteiger partial charge in [0.2, 0.25) is 0 Å². The highest BCUT2D eigenvalue weighted by molar-refractivity contribution is 5.92. The number of hydrogen-bond acceptors (Lipinski definition) is 3. The number of hydrogen-bond donors (Lipinski definition) is 2. The van der Waals surface area contributed by atoms with E-state index in [1.165, 1.54) is 12.1 Å². The summed E-state index contributed by atoms with van der Waals surface area (Å²) in [6.45, 7) is 2.69. The van der Waals surface area contributed by atoms with Crippen molar-refractivity contribution in [1.82, 2.24) is 0 Å². The van der Waals surface area contributed by atoms with Crippen LogP contribution in [0, 0.1) is 12.7 Å². The molecule has 0 saturated heterocycles. The van der Waals surface area contributed by atoms with E-state index in [4.69, 9.17) is 4.74 Å². The van der Waals surface area contributed by atoms with Crippen LogP contribution in [0.4, 0.5) is 15.8 Å². The first kappa shape index (κ1) is 19.4. The summed E-state index contributed by atoms with van der Waals surface area (Å²) in [5, 5.41) is 6.12. The number of carbonyl (C=O) groups excluding carboxylic acids is 1. The summed E-state index contributed by atoms with van der Waals surface area (Å²) in [6.07, 6.45) is 0.801. The average molecular weight is 378 g/mol. The van der Waals surface area contributed by atoms with E-state index in [1.54, 1.807) is 12.1 Å². The van der Waals surface area contributed by atoms with Crippen molar-refractivity contribution in [3.05, 3.63) is 89.7 Å². The van der Waals surface area contributed by atoms with E-state index >= 15 is 0 Å². The third-order valence-electron chi connectivity index (χ3n) is 4.22. The highest BCUT2D eigenvalue weighted by atomic mass is 19.1. The van der Waals surface area contributed by atoms with Crippen molar-refractivity contribution in [2.24, 2.45) is 0 Å². The van der Waals surface area contributed by atoms with Gasteiger partial charge < -0.3 is 15.4 Å². The van der Waals surface area contributed by atoms with E-state index in [1.807, 2.05) is 55.5 Å². The van der Waals surface area contributed by atoms with Gasteiger partial charge in [-0.25, -0.2) is 4.39 Å². The zero-order valence-corrected chi connectivity index (χ0v) is 15.7. The van der Waals surface area contributed by atoms with E-state index < -0.39 is 0 Å². The summed E-state index contributed by atoms with van der Waals surface area (Å²) >= 11 is 0. The second-order valence-corrected chi connectivity index (χ2v) is 6.53. The van der Waals surface area contributed by atoms with Gasteiger partial charge in [0.05, 0.1) is 0 Å². The number of anilines is 2. The number of halogens is 1. The molecule has 0 aromatic heterocycles. The van der Waals surface area contributed by atoms with E-state index in [0.29, 0.717) is 11.4 Å². The molecule has 3 aromatic rings. The molecule has 0 saturated carbocycles. The zero-order chi connectivity index (χ0) is 19.8. The molecular weight excluding hydrogens is 355 g/mol. The molecule has 0 atom stereocenters. The molecule has 3 aromatic carbocycles.